The summed E-state index contributed by atoms with van der Waals surface area (Å²) in [6.07, 6.45) is 6.19. The van der Waals surface area contributed by atoms with Gasteiger partial charge >= 0.3 is 0 Å². The molecule has 31 heavy (non-hydrogen) atoms. The fourth-order valence-corrected chi connectivity index (χ4v) is 6.14. The molecule has 5 rings (SSSR count). The molecule has 0 radical (unpaired) electrons. The molecule has 0 bridgehead atoms. The van der Waals surface area contributed by atoms with Crippen molar-refractivity contribution >= 4 is 22.2 Å². The molecule has 2 aliphatic rings. The number of hydrogen-bond acceptors (Lipinski definition) is 5. The molecule has 1 fully saturated rings. The number of aryl methyl sites for hydroxylation is 1. The summed E-state index contributed by atoms with van der Waals surface area (Å²) in [7, 11) is 2.19. The second kappa shape index (κ2) is 8.99. The van der Waals surface area contributed by atoms with Gasteiger partial charge in [0.15, 0.2) is 5.76 Å². The summed E-state index contributed by atoms with van der Waals surface area (Å²) < 4.78 is 5.36. The molecule has 6 heteroatoms. The Labute approximate surface area is 187 Å². The summed E-state index contributed by atoms with van der Waals surface area (Å²) in [5.41, 5.74) is 4.06. The van der Waals surface area contributed by atoms with E-state index in [2.05, 4.69) is 52.5 Å². The first kappa shape index (κ1) is 20.5. The number of carbonyl (C=O) groups excluding carboxylic acids is 1. The second-order valence-electron chi connectivity index (χ2n) is 8.54. The average molecular weight is 436 g/mol. The molecule has 1 aromatic carbocycles. The highest BCUT2D eigenvalue weighted by atomic mass is 32.1. The summed E-state index contributed by atoms with van der Waals surface area (Å²) in [4.78, 5) is 19.3. The van der Waals surface area contributed by atoms with E-state index in [1.807, 2.05) is 0 Å². The summed E-state index contributed by atoms with van der Waals surface area (Å²) in [6.45, 7) is 4.16. The second-order valence-corrected chi connectivity index (χ2v) is 9.64. The Kier molecular flexibility index (Phi) is 5.94. The van der Waals surface area contributed by atoms with Gasteiger partial charge in [0.05, 0.1) is 12.3 Å². The molecule has 1 unspecified atom stereocenters. The number of anilines is 1. The number of thiophene rings is 1. The van der Waals surface area contributed by atoms with E-state index in [9.17, 15) is 4.79 Å². The quantitative estimate of drug-likeness (QED) is 0.625. The van der Waals surface area contributed by atoms with Crippen LogP contribution in [-0.2, 0) is 12.8 Å². The van der Waals surface area contributed by atoms with E-state index < -0.39 is 0 Å². The van der Waals surface area contributed by atoms with Gasteiger partial charge in [0, 0.05) is 36.6 Å². The number of nitrogens with zero attached hydrogens (tertiary/aromatic N) is 2. The van der Waals surface area contributed by atoms with Gasteiger partial charge in [-0.15, -0.1) is 11.3 Å². The largest absolute Gasteiger partial charge is 0.459 e. The first-order valence-corrected chi connectivity index (χ1v) is 12.0. The Morgan fingerprint density at radius 3 is 2.55 bits per heavy atom. The third-order valence-electron chi connectivity index (χ3n) is 6.48. The van der Waals surface area contributed by atoms with Gasteiger partial charge in [0.2, 0.25) is 0 Å². The van der Waals surface area contributed by atoms with Crippen LogP contribution in [0.4, 0.5) is 5.00 Å². The third-order valence-corrected chi connectivity index (χ3v) is 7.70. The monoisotopic (exact) mass is 435 g/mol. The van der Waals surface area contributed by atoms with E-state index in [-0.39, 0.29) is 11.9 Å². The van der Waals surface area contributed by atoms with E-state index in [1.54, 1.807) is 29.7 Å². The predicted molar refractivity (Wildman–Crippen MR) is 125 cm³/mol. The van der Waals surface area contributed by atoms with Crippen LogP contribution in [0.1, 0.15) is 51.0 Å². The Morgan fingerprint density at radius 2 is 1.81 bits per heavy atom. The Balaban J connectivity index is 1.59. The van der Waals surface area contributed by atoms with Gasteiger partial charge in [-0.1, -0.05) is 30.3 Å². The predicted octanol–water partition coefficient (Wildman–Crippen LogP) is 4.81. The standard InChI is InChI=1S/C25H29N3O2S/c1-27-13-15-28(16-14-27)23(18-8-3-2-4-9-18)22-19-10-5-6-12-21(19)31-25(22)26-24(29)20-11-7-17-30-20/h2-4,7-9,11,17,23H,5-6,10,12-16H2,1H3,(H,26,29). The van der Waals surface area contributed by atoms with Crippen LogP contribution < -0.4 is 5.32 Å². The highest BCUT2D eigenvalue weighted by Crippen LogP contribution is 2.45. The van der Waals surface area contributed by atoms with Crippen LogP contribution in [0.15, 0.2) is 53.1 Å². The van der Waals surface area contributed by atoms with Gasteiger partial charge in [-0.3, -0.25) is 9.69 Å². The molecule has 1 atom stereocenters. The van der Waals surface area contributed by atoms with Crippen molar-refractivity contribution in [2.75, 3.05) is 38.5 Å². The summed E-state index contributed by atoms with van der Waals surface area (Å²) in [5.74, 6) is 0.184. The van der Waals surface area contributed by atoms with Gasteiger partial charge in [-0.05, 0) is 56.0 Å². The molecule has 1 amide bonds. The van der Waals surface area contributed by atoms with E-state index in [0.29, 0.717) is 5.76 Å². The fourth-order valence-electron chi connectivity index (χ4n) is 4.82. The van der Waals surface area contributed by atoms with Crippen molar-refractivity contribution in [2.24, 2.45) is 0 Å². The maximum Gasteiger partial charge on any atom is 0.291 e. The lowest BCUT2D eigenvalue weighted by Crippen LogP contribution is -2.46. The van der Waals surface area contributed by atoms with Crippen LogP contribution in [0.25, 0.3) is 0 Å². The van der Waals surface area contributed by atoms with Crippen LogP contribution in [0.2, 0.25) is 0 Å². The van der Waals surface area contributed by atoms with Crippen molar-refractivity contribution in [3.05, 3.63) is 76.1 Å². The van der Waals surface area contributed by atoms with Crippen molar-refractivity contribution < 1.29 is 9.21 Å². The van der Waals surface area contributed by atoms with Crippen molar-refractivity contribution in [2.45, 2.75) is 31.7 Å². The molecule has 1 N–H and O–H groups in total. The molecule has 3 aromatic rings. The summed E-state index contributed by atoms with van der Waals surface area (Å²) in [6, 6.07) is 14.4. The maximum atomic E-state index is 12.9. The third kappa shape index (κ3) is 4.20. The van der Waals surface area contributed by atoms with Gasteiger partial charge in [-0.2, -0.15) is 0 Å². The zero-order valence-corrected chi connectivity index (χ0v) is 18.8. The molecule has 5 nitrogen and oxygen atoms in total. The number of hydrogen-bond donors (Lipinski definition) is 1. The molecule has 3 heterocycles. The Hall–Kier alpha value is -2.41. The van der Waals surface area contributed by atoms with Gasteiger partial charge in [0.1, 0.15) is 5.00 Å². The van der Waals surface area contributed by atoms with Crippen LogP contribution in [0.3, 0.4) is 0 Å². The number of amides is 1. The summed E-state index contributed by atoms with van der Waals surface area (Å²) in [5, 5.41) is 4.20. The summed E-state index contributed by atoms with van der Waals surface area (Å²) >= 11 is 1.76. The Bertz CT molecular complexity index is 1020. The number of carbonyl (C=O) groups is 1. The van der Waals surface area contributed by atoms with Crippen molar-refractivity contribution in [3.8, 4) is 0 Å². The lowest BCUT2D eigenvalue weighted by atomic mass is 9.88. The zero-order valence-electron chi connectivity index (χ0n) is 18.0. The number of rotatable bonds is 5. The molecular formula is C25H29N3O2S. The first-order valence-electron chi connectivity index (χ1n) is 11.2. The van der Waals surface area contributed by atoms with Crippen molar-refractivity contribution in [1.82, 2.24) is 9.80 Å². The van der Waals surface area contributed by atoms with E-state index in [4.69, 9.17) is 4.42 Å². The minimum Gasteiger partial charge on any atom is -0.459 e. The smallest absolute Gasteiger partial charge is 0.291 e. The Morgan fingerprint density at radius 1 is 1.03 bits per heavy atom. The SMILES string of the molecule is CN1CCN(C(c2ccccc2)c2c(NC(=O)c3ccco3)sc3c2CCCC3)CC1. The van der Waals surface area contributed by atoms with Gasteiger partial charge in [0.25, 0.3) is 5.91 Å². The number of fused-ring (bicyclic) bond motifs is 1. The lowest BCUT2D eigenvalue weighted by Gasteiger charge is -2.39. The number of furan rings is 1. The average Bonchev–Trinajstić information content (AvgIpc) is 3.45. The minimum atomic E-state index is -0.171. The van der Waals surface area contributed by atoms with E-state index in [0.717, 1.165) is 44.0 Å². The van der Waals surface area contributed by atoms with Crippen LogP contribution >= 0.6 is 11.3 Å². The normalized spacial score (nSPS) is 18.5. The molecule has 1 aliphatic carbocycles. The van der Waals surface area contributed by atoms with E-state index in [1.165, 1.54) is 34.4 Å². The number of nitrogens with one attached hydrogen (secondary N) is 1. The minimum absolute atomic E-state index is 0.153. The van der Waals surface area contributed by atoms with E-state index >= 15 is 0 Å². The molecule has 1 saturated heterocycles. The lowest BCUT2D eigenvalue weighted by molar-refractivity contribution is 0.0996. The molecule has 0 saturated carbocycles. The number of piperazine rings is 1. The highest BCUT2D eigenvalue weighted by molar-refractivity contribution is 7.16. The topological polar surface area (TPSA) is 48.7 Å². The van der Waals surface area contributed by atoms with Crippen molar-refractivity contribution in [3.63, 3.8) is 0 Å². The highest BCUT2D eigenvalue weighted by Gasteiger charge is 2.33. The molecular weight excluding hydrogens is 406 g/mol. The molecule has 0 spiro atoms. The van der Waals surface area contributed by atoms with Crippen molar-refractivity contribution in [1.29, 1.82) is 0 Å². The molecule has 1 aliphatic heterocycles. The number of benzene rings is 1. The number of likely N-dealkylation sites (N-methyl/N-ethyl adjacent to an activating group) is 1. The zero-order chi connectivity index (χ0) is 21.2. The maximum absolute atomic E-state index is 12.9. The van der Waals surface area contributed by atoms with Crippen LogP contribution in [0.5, 0.6) is 0 Å². The van der Waals surface area contributed by atoms with Crippen LogP contribution in [0, 0.1) is 0 Å². The molecule has 162 valence electrons. The molecule has 2 aromatic heterocycles. The van der Waals surface area contributed by atoms with Crippen LogP contribution in [-0.4, -0.2) is 48.9 Å². The van der Waals surface area contributed by atoms with Gasteiger partial charge < -0.3 is 14.6 Å². The fraction of sp³-hybridized carbons (Fsp3) is 0.400. The van der Waals surface area contributed by atoms with Gasteiger partial charge in [-0.25, -0.2) is 0 Å². The first-order chi connectivity index (χ1) is 15.2.